The van der Waals surface area contributed by atoms with Crippen molar-refractivity contribution in [1.29, 1.82) is 0 Å². The predicted molar refractivity (Wildman–Crippen MR) is 69.5 cm³/mol. The Morgan fingerprint density at radius 3 is 2.75 bits per heavy atom. The highest BCUT2D eigenvalue weighted by Crippen LogP contribution is 2.30. The van der Waals surface area contributed by atoms with Crippen LogP contribution in [0.4, 0.5) is 5.69 Å². The second-order valence-corrected chi connectivity index (χ2v) is 5.43. The van der Waals surface area contributed by atoms with Crippen LogP contribution < -0.4 is 5.73 Å². The molecule has 1 aliphatic rings. The van der Waals surface area contributed by atoms with Crippen LogP contribution in [0.2, 0.25) is 0 Å². The Morgan fingerprint density at radius 1 is 1.38 bits per heavy atom. The number of nitrogen functional groups attached to an aromatic ring is 1. The van der Waals surface area contributed by atoms with E-state index in [0.717, 1.165) is 4.47 Å². The number of nitrogens with two attached hydrogens (primary N) is 1. The maximum Gasteiger partial charge on any atom is 0.165 e. The first-order valence-electron chi connectivity index (χ1n) is 5.75. The molecule has 1 saturated carbocycles. The molecule has 1 aromatic carbocycles. The summed E-state index contributed by atoms with van der Waals surface area (Å²) >= 11 is 3.37. The van der Waals surface area contributed by atoms with E-state index in [0.29, 0.717) is 23.6 Å². The molecule has 0 heterocycles. The molecule has 1 aliphatic carbocycles. The van der Waals surface area contributed by atoms with Crippen molar-refractivity contribution in [2.24, 2.45) is 5.92 Å². The summed E-state index contributed by atoms with van der Waals surface area (Å²) in [5.74, 6) is 0.761. The van der Waals surface area contributed by atoms with Gasteiger partial charge in [0.2, 0.25) is 0 Å². The summed E-state index contributed by atoms with van der Waals surface area (Å²) < 4.78 is 0.913. The molecular formula is C13H16BrNO. The quantitative estimate of drug-likeness (QED) is 0.677. The molecule has 3 heteroatoms. The van der Waals surface area contributed by atoms with Gasteiger partial charge >= 0.3 is 0 Å². The van der Waals surface area contributed by atoms with Gasteiger partial charge in [0.25, 0.3) is 0 Å². The van der Waals surface area contributed by atoms with E-state index in [-0.39, 0.29) is 5.78 Å². The highest BCUT2D eigenvalue weighted by molar-refractivity contribution is 9.10. The highest BCUT2D eigenvalue weighted by Gasteiger charge is 2.20. The first-order chi connectivity index (χ1) is 7.66. The molecular weight excluding hydrogens is 266 g/mol. The molecule has 2 N–H and O–H groups in total. The lowest BCUT2D eigenvalue weighted by Crippen LogP contribution is -2.08. The predicted octanol–water partition coefficient (Wildman–Crippen LogP) is 3.79. The minimum Gasteiger partial charge on any atom is -0.398 e. The number of hydrogen-bond donors (Lipinski definition) is 1. The molecule has 86 valence electrons. The Hall–Kier alpha value is -0.830. The maximum atomic E-state index is 12.1. The summed E-state index contributed by atoms with van der Waals surface area (Å²) in [4.78, 5) is 12.1. The Bertz CT molecular complexity index is 397. The average Bonchev–Trinajstić information content (AvgIpc) is 2.74. The fraction of sp³-hybridized carbons (Fsp3) is 0.462. The van der Waals surface area contributed by atoms with Gasteiger partial charge in [-0.1, -0.05) is 41.6 Å². The zero-order valence-corrected chi connectivity index (χ0v) is 10.8. The summed E-state index contributed by atoms with van der Waals surface area (Å²) in [5.41, 5.74) is 7.08. The molecule has 0 atom stereocenters. The lowest BCUT2D eigenvalue weighted by Gasteiger charge is -2.09. The zero-order chi connectivity index (χ0) is 11.5. The normalized spacial score (nSPS) is 16.6. The third-order valence-electron chi connectivity index (χ3n) is 3.26. The van der Waals surface area contributed by atoms with Gasteiger partial charge in [-0.2, -0.15) is 0 Å². The molecule has 2 rings (SSSR count). The molecule has 0 bridgehead atoms. The minimum atomic E-state index is 0.186. The van der Waals surface area contributed by atoms with E-state index in [9.17, 15) is 4.79 Å². The fourth-order valence-corrected chi connectivity index (χ4v) is 2.72. The van der Waals surface area contributed by atoms with E-state index < -0.39 is 0 Å². The molecule has 2 nitrogen and oxygen atoms in total. The molecule has 0 amide bonds. The lowest BCUT2D eigenvalue weighted by molar-refractivity contribution is 0.0963. The highest BCUT2D eigenvalue weighted by atomic mass is 79.9. The van der Waals surface area contributed by atoms with E-state index in [2.05, 4.69) is 15.9 Å². The first-order valence-corrected chi connectivity index (χ1v) is 6.54. The van der Waals surface area contributed by atoms with E-state index in [4.69, 9.17) is 5.73 Å². The van der Waals surface area contributed by atoms with Gasteiger partial charge in [0.15, 0.2) is 5.78 Å². The van der Waals surface area contributed by atoms with Crippen LogP contribution in [0.5, 0.6) is 0 Å². The van der Waals surface area contributed by atoms with Gasteiger partial charge in [-0.3, -0.25) is 4.79 Å². The zero-order valence-electron chi connectivity index (χ0n) is 9.21. The van der Waals surface area contributed by atoms with Gasteiger partial charge in [0.1, 0.15) is 0 Å². The van der Waals surface area contributed by atoms with Crippen molar-refractivity contribution in [1.82, 2.24) is 0 Å². The second kappa shape index (κ2) is 5.00. The van der Waals surface area contributed by atoms with E-state index in [1.165, 1.54) is 25.7 Å². The van der Waals surface area contributed by atoms with Crippen molar-refractivity contribution in [3.63, 3.8) is 0 Å². The molecule has 0 spiro atoms. The molecule has 0 aliphatic heterocycles. The van der Waals surface area contributed by atoms with Crippen LogP contribution >= 0.6 is 15.9 Å². The summed E-state index contributed by atoms with van der Waals surface area (Å²) in [6.07, 6.45) is 5.58. The smallest absolute Gasteiger partial charge is 0.165 e. The standard InChI is InChI=1S/C13H16BrNO/c14-10-5-6-12(15)11(8-10)13(16)7-9-3-1-2-4-9/h5-6,8-9H,1-4,7,15H2. The number of rotatable bonds is 3. The molecule has 16 heavy (non-hydrogen) atoms. The first kappa shape index (κ1) is 11.6. The molecule has 0 saturated heterocycles. The summed E-state index contributed by atoms with van der Waals surface area (Å²) in [6, 6.07) is 5.47. The van der Waals surface area contributed by atoms with Crippen LogP contribution in [0.15, 0.2) is 22.7 Å². The Kier molecular flexibility index (Phi) is 3.64. The van der Waals surface area contributed by atoms with Crippen molar-refractivity contribution in [3.05, 3.63) is 28.2 Å². The molecule has 1 aromatic rings. The minimum absolute atomic E-state index is 0.186. The van der Waals surface area contributed by atoms with Crippen molar-refractivity contribution in [2.75, 3.05) is 5.73 Å². The lowest BCUT2D eigenvalue weighted by atomic mass is 9.96. The monoisotopic (exact) mass is 281 g/mol. The number of anilines is 1. The van der Waals surface area contributed by atoms with Crippen LogP contribution in [-0.4, -0.2) is 5.78 Å². The van der Waals surface area contributed by atoms with Gasteiger partial charge in [-0.25, -0.2) is 0 Å². The van der Waals surface area contributed by atoms with Gasteiger partial charge in [-0.05, 0) is 24.1 Å². The van der Waals surface area contributed by atoms with Gasteiger partial charge in [0, 0.05) is 22.1 Å². The molecule has 0 radical (unpaired) electrons. The van der Waals surface area contributed by atoms with Crippen LogP contribution in [0.1, 0.15) is 42.5 Å². The van der Waals surface area contributed by atoms with E-state index >= 15 is 0 Å². The molecule has 0 aromatic heterocycles. The summed E-state index contributed by atoms with van der Waals surface area (Å²) in [7, 11) is 0. The van der Waals surface area contributed by atoms with Crippen LogP contribution in [0.25, 0.3) is 0 Å². The maximum absolute atomic E-state index is 12.1. The Balaban J connectivity index is 2.10. The van der Waals surface area contributed by atoms with Gasteiger partial charge in [0.05, 0.1) is 0 Å². The van der Waals surface area contributed by atoms with Crippen molar-refractivity contribution >= 4 is 27.4 Å². The fourth-order valence-electron chi connectivity index (χ4n) is 2.36. The van der Waals surface area contributed by atoms with Crippen molar-refractivity contribution < 1.29 is 4.79 Å². The van der Waals surface area contributed by atoms with E-state index in [1.54, 1.807) is 6.07 Å². The van der Waals surface area contributed by atoms with Gasteiger partial charge in [-0.15, -0.1) is 0 Å². The summed E-state index contributed by atoms with van der Waals surface area (Å²) in [6.45, 7) is 0. The number of hydrogen-bond acceptors (Lipinski definition) is 2. The average molecular weight is 282 g/mol. The van der Waals surface area contributed by atoms with Crippen LogP contribution in [0, 0.1) is 5.92 Å². The number of carbonyl (C=O) groups excluding carboxylic acids is 1. The third-order valence-corrected chi connectivity index (χ3v) is 3.76. The largest absolute Gasteiger partial charge is 0.398 e. The number of benzene rings is 1. The van der Waals surface area contributed by atoms with E-state index in [1.807, 2.05) is 12.1 Å². The Labute approximate surface area is 104 Å². The second-order valence-electron chi connectivity index (χ2n) is 4.51. The van der Waals surface area contributed by atoms with Crippen LogP contribution in [-0.2, 0) is 0 Å². The number of Topliss-reactive ketones (excluding diaryl/α,β-unsaturated/α-hetero) is 1. The van der Waals surface area contributed by atoms with Crippen molar-refractivity contribution in [3.8, 4) is 0 Å². The van der Waals surface area contributed by atoms with Crippen molar-refractivity contribution in [2.45, 2.75) is 32.1 Å². The van der Waals surface area contributed by atoms with Crippen LogP contribution in [0.3, 0.4) is 0 Å². The number of halogens is 1. The molecule has 1 fully saturated rings. The third kappa shape index (κ3) is 2.64. The number of ketones is 1. The SMILES string of the molecule is Nc1ccc(Br)cc1C(=O)CC1CCCC1. The summed E-state index contributed by atoms with van der Waals surface area (Å²) in [5, 5.41) is 0. The topological polar surface area (TPSA) is 43.1 Å². The molecule has 0 unspecified atom stereocenters. The van der Waals surface area contributed by atoms with Gasteiger partial charge < -0.3 is 5.73 Å². The number of carbonyl (C=O) groups is 1. The Morgan fingerprint density at radius 2 is 2.06 bits per heavy atom.